The number of nitrogens with one attached hydrogen (secondary N) is 1. The third kappa shape index (κ3) is 3.74. The van der Waals surface area contributed by atoms with Gasteiger partial charge in [0.25, 0.3) is 0 Å². The first-order chi connectivity index (χ1) is 7.33. The van der Waals surface area contributed by atoms with Crippen molar-refractivity contribution in [2.45, 2.75) is 31.8 Å². The molecule has 0 spiro atoms. The lowest BCUT2D eigenvalue weighted by atomic mass is 9.92. The first kappa shape index (κ1) is 13.4. The topological polar surface area (TPSA) is 38.0 Å². The highest BCUT2D eigenvalue weighted by Gasteiger charge is 2.19. The number of benzene rings is 1. The van der Waals surface area contributed by atoms with Gasteiger partial charge in [-0.15, -0.1) is 0 Å². The number of hydrogen-bond donors (Lipinski definition) is 2. The van der Waals surface area contributed by atoms with Gasteiger partial charge in [0.05, 0.1) is 5.02 Å². The summed E-state index contributed by atoms with van der Waals surface area (Å²) in [5, 5.41) is 3.31. The average molecular weight is 245 g/mol. The summed E-state index contributed by atoms with van der Waals surface area (Å²) in [4.78, 5) is 0. The molecule has 0 amide bonds. The summed E-state index contributed by atoms with van der Waals surface area (Å²) in [6, 6.07) is 4.83. The molecule has 0 heterocycles. The van der Waals surface area contributed by atoms with E-state index in [-0.39, 0.29) is 16.6 Å². The summed E-state index contributed by atoms with van der Waals surface area (Å²) < 4.78 is 13.0. The highest BCUT2D eigenvalue weighted by atomic mass is 35.5. The zero-order chi connectivity index (χ0) is 12.3. The molecule has 3 N–H and O–H groups in total. The van der Waals surface area contributed by atoms with Crippen molar-refractivity contribution in [1.82, 2.24) is 5.32 Å². The molecule has 1 rings (SSSR count). The van der Waals surface area contributed by atoms with Gasteiger partial charge in [0.2, 0.25) is 0 Å². The van der Waals surface area contributed by atoms with E-state index in [9.17, 15) is 4.39 Å². The highest BCUT2D eigenvalue weighted by Crippen LogP contribution is 2.25. The van der Waals surface area contributed by atoms with Crippen molar-refractivity contribution in [1.29, 1.82) is 0 Å². The van der Waals surface area contributed by atoms with Crippen molar-refractivity contribution in [3.05, 3.63) is 34.6 Å². The van der Waals surface area contributed by atoms with Gasteiger partial charge in [-0.05, 0) is 45.0 Å². The second-order valence-corrected chi connectivity index (χ2v) is 5.11. The summed E-state index contributed by atoms with van der Waals surface area (Å²) in [6.45, 7) is 3.92. The van der Waals surface area contributed by atoms with E-state index in [0.717, 1.165) is 12.0 Å². The fourth-order valence-electron chi connectivity index (χ4n) is 1.64. The molecule has 90 valence electrons. The normalized spacial score (nSPS) is 13.9. The molecule has 1 unspecified atom stereocenters. The van der Waals surface area contributed by atoms with E-state index < -0.39 is 5.82 Å². The zero-order valence-corrected chi connectivity index (χ0v) is 10.6. The summed E-state index contributed by atoms with van der Waals surface area (Å²) in [5.74, 6) is -0.396. The molecule has 0 bridgehead atoms. The van der Waals surface area contributed by atoms with E-state index in [0.29, 0.717) is 0 Å². The molecule has 0 aromatic heterocycles. The molecule has 2 nitrogen and oxygen atoms in total. The number of hydrogen-bond acceptors (Lipinski definition) is 2. The minimum atomic E-state index is -0.396. The van der Waals surface area contributed by atoms with Crippen LogP contribution >= 0.6 is 11.6 Å². The number of halogens is 2. The van der Waals surface area contributed by atoms with Crippen LogP contribution in [0, 0.1) is 5.82 Å². The first-order valence-electron chi connectivity index (χ1n) is 5.24. The van der Waals surface area contributed by atoms with Gasteiger partial charge in [0.15, 0.2) is 0 Å². The Balaban J connectivity index is 2.91. The van der Waals surface area contributed by atoms with E-state index >= 15 is 0 Å². The van der Waals surface area contributed by atoms with Gasteiger partial charge in [-0.25, -0.2) is 4.39 Å². The van der Waals surface area contributed by atoms with Crippen LogP contribution < -0.4 is 11.1 Å². The monoisotopic (exact) mass is 244 g/mol. The Morgan fingerprint density at radius 3 is 2.56 bits per heavy atom. The van der Waals surface area contributed by atoms with Gasteiger partial charge in [-0.1, -0.05) is 17.7 Å². The van der Waals surface area contributed by atoms with Crippen LogP contribution in [0.2, 0.25) is 5.02 Å². The molecule has 0 saturated heterocycles. The van der Waals surface area contributed by atoms with Crippen LogP contribution in [-0.2, 0) is 0 Å². The molecule has 0 saturated carbocycles. The van der Waals surface area contributed by atoms with Gasteiger partial charge < -0.3 is 11.1 Å². The van der Waals surface area contributed by atoms with Gasteiger partial charge >= 0.3 is 0 Å². The Kier molecular flexibility index (Phi) is 4.30. The van der Waals surface area contributed by atoms with Gasteiger partial charge in [-0.3, -0.25) is 0 Å². The van der Waals surface area contributed by atoms with Crippen LogP contribution in [0.5, 0.6) is 0 Å². The quantitative estimate of drug-likeness (QED) is 0.855. The molecule has 1 aromatic rings. The van der Waals surface area contributed by atoms with Crippen molar-refractivity contribution in [2.24, 2.45) is 5.73 Å². The fraction of sp³-hybridized carbons (Fsp3) is 0.500. The van der Waals surface area contributed by atoms with Crippen molar-refractivity contribution >= 4 is 11.6 Å². The summed E-state index contributed by atoms with van der Waals surface area (Å²) >= 11 is 5.75. The van der Waals surface area contributed by atoms with Gasteiger partial charge in [0, 0.05) is 11.6 Å². The summed E-state index contributed by atoms with van der Waals surface area (Å²) in [5.41, 5.74) is 6.64. The second kappa shape index (κ2) is 5.13. The van der Waals surface area contributed by atoms with Crippen LogP contribution in [0.4, 0.5) is 4.39 Å². The van der Waals surface area contributed by atoms with Crippen molar-refractivity contribution in [3.63, 3.8) is 0 Å². The van der Waals surface area contributed by atoms with Crippen LogP contribution in [0.15, 0.2) is 18.2 Å². The summed E-state index contributed by atoms with van der Waals surface area (Å²) in [6.07, 6.45) is 0.755. The van der Waals surface area contributed by atoms with Crippen LogP contribution in [0.3, 0.4) is 0 Å². The summed E-state index contributed by atoms with van der Waals surface area (Å²) in [7, 11) is 1.85. The lowest BCUT2D eigenvalue weighted by Gasteiger charge is -2.26. The minimum absolute atomic E-state index is 0.0816. The Hall–Kier alpha value is -0.640. The molecule has 0 aliphatic heterocycles. The van der Waals surface area contributed by atoms with Crippen molar-refractivity contribution < 1.29 is 4.39 Å². The van der Waals surface area contributed by atoms with E-state index in [4.69, 9.17) is 17.3 Å². The number of nitrogens with two attached hydrogens (primary N) is 1. The fourth-order valence-corrected chi connectivity index (χ4v) is 1.83. The highest BCUT2D eigenvalue weighted by molar-refractivity contribution is 6.30. The third-order valence-corrected chi connectivity index (χ3v) is 2.71. The Bertz CT molecular complexity index is 361. The van der Waals surface area contributed by atoms with Gasteiger partial charge in [-0.2, -0.15) is 0 Å². The average Bonchev–Trinajstić information content (AvgIpc) is 2.17. The van der Waals surface area contributed by atoms with E-state index in [1.807, 2.05) is 20.9 Å². The largest absolute Gasteiger partial charge is 0.325 e. The molecule has 0 radical (unpaired) electrons. The SMILES string of the molecule is CNC(CC(C)(C)N)c1ccc(F)c(Cl)c1. The zero-order valence-electron chi connectivity index (χ0n) is 9.85. The van der Waals surface area contributed by atoms with Crippen molar-refractivity contribution in [2.75, 3.05) is 7.05 Å². The smallest absolute Gasteiger partial charge is 0.141 e. The predicted molar refractivity (Wildman–Crippen MR) is 66.1 cm³/mol. The van der Waals surface area contributed by atoms with E-state index in [1.54, 1.807) is 12.1 Å². The molecular weight excluding hydrogens is 227 g/mol. The van der Waals surface area contributed by atoms with Crippen LogP contribution in [-0.4, -0.2) is 12.6 Å². The maximum Gasteiger partial charge on any atom is 0.141 e. The molecule has 0 aliphatic rings. The molecule has 1 atom stereocenters. The molecule has 1 aromatic carbocycles. The maximum atomic E-state index is 13.0. The first-order valence-corrected chi connectivity index (χ1v) is 5.62. The van der Waals surface area contributed by atoms with E-state index in [2.05, 4.69) is 5.32 Å². The second-order valence-electron chi connectivity index (χ2n) is 4.71. The molecule has 16 heavy (non-hydrogen) atoms. The standard InChI is InChI=1S/C12H18ClFN2/c1-12(2,15)7-11(16-3)8-4-5-10(14)9(13)6-8/h4-6,11,16H,7,15H2,1-3H3. The van der Waals surface area contributed by atoms with Gasteiger partial charge in [0.1, 0.15) is 5.82 Å². The molecular formula is C12H18ClFN2. The molecule has 4 heteroatoms. The van der Waals surface area contributed by atoms with Crippen molar-refractivity contribution in [3.8, 4) is 0 Å². The van der Waals surface area contributed by atoms with Crippen LogP contribution in [0.1, 0.15) is 31.9 Å². The molecule has 0 fully saturated rings. The number of rotatable bonds is 4. The third-order valence-electron chi connectivity index (χ3n) is 2.42. The Morgan fingerprint density at radius 2 is 2.12 bits per heavy atom. The predicted octanol–water partition coefficient (Wildman–Crippen LogP) is 2.87. The Labute approximate surface area is 101 Å². The minimum Gasteiger partial charge on any atom is -0.325 e. The Morgan fingerprint density at radius 1 is 1.50 bits per heavy atom. The molecule has 0 aliphatic carbocycles. The lowest BCUT2D eigenvalue weighted by Crippen LogP contribution is -2.36. The van der Waals surface area contributed by atoms with Crippen LogP contribution in [0.25, 0.3) is 0 Å². The maximum absolute atomic E-state index is 13.0. The lowest BCUT2D eigenvalue weighted by molar-refractivity contribution is 0.395. The van der Waals surface area contributed by atoms with E-state index in [1.165, 1.54) is 6.07 Å².